The van der Waals surface area contributed by atoms with Gasteiger partial charge in [0.2, 0.25) is 11.8 Å². The van der Waals surface area contributed by atoms with Crippen LogP contribution in [0.25, 0.3) is 0 Å². The number of hydrogen-bond acceptors (Lipinski definition) is 5. The van der Waals surface area contributed by atoms with Gasteiger partial charge in [0, 0.05) is 50.3 Å². The summed E-state index contributed by atoms with van der Waals surface area (Å²) in [7, 11) is 0. The molecule has 7 nitrogen and oxygen atoms in total. The molecule has 0 radical (unpaired) electrons. The fourth-order valence-electron chi connectivity index (χ4n) is 3.12. The Bertz CT molecular complexity index is 592. The summed E-state index contributed by atoms with van der Waals surface area (Å²) in [6.45, 7) is 5.90. The zero-order valence-corrected chi connectivity index (χ0v) is 13.4. The highest BCUT2D eigenvalue weighted by molar-refractivity contribution is 5.89. The Balaban J connectivity index is 1.62. The summed E-state index contributed by atoms with van der Waals surface area (Å²) in [4.78, 5) is 32.4. The first-order valence-corrected chi connectivity index (χ1v) is 8.10. The summed E-state index contributed by atoms with van der Waals surface area (Å²) < 4.78 is 0. The molecule has 0 bridgehead atoms. The van der Waals surface area contributed by atoms with Gasteiger partial charge in [-0.3, -0.25) is 14.6 Å². The zero-order valence-electron chi connectivity index (χ0n) is 13.4. The number of aryl methyl sites for hydroxylation is 1. The third-order valence-corrected chi connectivity index (χ3v) is 4.32. The minimum Gasteiger partial charge on any atom is -0.370 e. The molecule has 2 saturated heterocycles. The van der Waals surface area contributed by atoms with Crippen molar-refractivity contribution in [2.45, 2.75) is 19.4 Å². The van der Waals surface area contributed by atoms with Gasteiger partial charge in [-0.05, 0) is 25.5 Å². The van der Waals surface area contributed by atoms with Crippen LogP contribution in [0.4, 0.5) is 5.69 Å². The van der Waals surface area contributed by atoms with Crippen molar-refractivity contribution in [3.63, 3.8) is 0 Å². The van der Waals surface area contributed by atoms with Crippen LogP contribution in [0.2, 0.25) is 0 Å². The van der Waals surface area contributed by atoms with Crippen molar-refractivity contribution in [2.75, 3.05) is 44.2 Å². The third kappa shape index (κ3) is 3.79. The topological polar surface area (TPSA) is 77.6 Å². The van der Waals surface area contributed by atoms with Gasteiger partial charge in [-0.1, -0.05) is 0 Å². The van der Waals surface area contributed by atoms with E-state index in [0.29, 0.717) is 19.6 Å². The summed E-state index contributed by atoms with van der Waals surface area (Å²) in [5, 5.41) is 5.75. The van der Waals surface area contributed by atoms with Crippen LogP contribution >= 0.6 is 0 Å². The SMILES string of the molecule is Cc1cc(N2CCCN(C(=O)[C@@H]3CNCC(=O)N3)CC2)ccn1. The molecule has 3 rings (SSSR count). The lowest BCUT2D eigenvalue weighted by atomic mass is 10.2. The highest BCUT2D eigenvalue weighted by Gasteiger charge is 2.29. The number of rotatable bonds is 2. The third-order valence-electron chi connectivity index (χ3n) is 4.32. The molecule has 0 saturated carbocycles. The number of carbonyl (C=O) groups excluding carboxylic acids is 2. The van der Waals surface area contributed by atoms with E-state index in [1.54, 1.807) is 0 Å². The Morgan fingerprint density at radius 1 is 1.30 bits per heavy atom. The number of anilines is 1. The number of nitrogens with one attached hydrogen (secondary N) is 2. The quantitative estimate of drug-likeness (QED) is 0.770. The monoisotopic (exact) mass is 317 g/mol. The first kappa shape index (κ1) is 15.7. The molecule has 1 aromatic heterocycles. The molecule has 3 heterocycles. The second kappa shape index (κ2) is 6.95. The maximum Gasteiger partial charge on any atom is 0.246 e. The lowest BCUT2D eigenvalue weighted by molar-refractivity contribution is -0.137. The van der Waals surface area contributed by atoms with Gasteiger partial charge in [-0.15, -0.1) is 0 Å². The second-order valence-electron chi connectivity index (χ2n) is 6.07. The van der Waals surface area contributed by atoms with E-state index in [9.17, 15) is 9.59 Å². The molecule has 1 aromatic rings. The van der Waals surface area contributed by atoms with Crippen LogP contribution in [0.1, 0.15) is 12.1 Å². The van der Waals surface area contributed by atoms with Crippen molar-refractivity contribution in [3.05, 3.63) is 24.0 Å². The average molecular weight is 317 g/mol. The molecule has 0 unspecified atom stereocenters. The molecule has 2 aliphatic rings. The number of amides is 2. The van der Waals surface area contributed by atoms with Crippen LogP contribution in [0.3, 0.4) is 0 Å². The molecule has 0 aromatic carbocycles. The Kier molecular flexibility index (Phi) is 4.76. The van der Waals surface area contributed by atoms with Gasteiger partial charge in [0.25, 0.3) is 0 Å². The summed E-state index contributed by atoms with van der Waals surface area (Å²) in [6, 6.07) is 3.64. The lowest BCUT2D eigenvalue weighted by Crippen LogP contribution is -2.59. The van der Waals surface area contributed by atoms with Crippen molar-refractivity contribution < 1.29 is 9.59 Å². The van der Waals surface area contributed by atoms with Crippen molar-refractivity contribution in [1.29, 1.82) is 0 Å². The van der Waals surface area contributed by atoms with Gasteiger partial charge in [0.1, 0.15) is 6.04 Å². The number of aromatic nitrogens is 1. The van der Waals surface area contributed by atoms with Crippen LogP contribution in [0, 0.1) is 6.92 Å². The maximum absolute atomic E-state index is 12.6. The van der Waals surface area contributed by atoms with Crippen LogP contribution in [-0.2, 0) is 9.59 Å². The van der Waals surface area contributed by atoms with E-state index >= 15 is 0 Å². The smallest absolute Gasteiger partial charge is 0.246 e. The molecular formula is C16H23N5O2. The number of carbonyl (C=O) groups is 2. The maximum atomic E-state index is 12.6. The fourth-order valence-corrected chi connectivity index (χ4v) is 3.12. The zero-order chi connectivity index (χ0) is 16.2. The highest BCUT2D eigenvalue weighted by Crippen LogP contribution is 2.17. The average Bonchev–Trinajstić information content (AvgIpc) is 2.80. The van der Waals surface area contributed by atoms with E-state index in [2.05, 4.69) is 26.6 Å². The van der Waals surface area contributed by atoms with Crippen molar-refractivity contribution >= 4 is 17.5 Å². The van der Waals surface area contributed by atoms with Gasteiger partial charge in [-0.2, -0.15) is 0 Å². The summed E-state index contributed by atoms with van der Waals surface area (Å²) in [5.41, 5.74) is 2.15. The summed E-state index contributed by atoms with van der Waals surface area (Å²) in [6.07, 6.45) is 2.74. The van der Waals surface area contributed by atoms with E-state index in [1.165, 1.54) is 0 Å². The molecule has 0 spiro atoms. The standard InChI is InChI=1S/C16H23N5O2/c1-12-9-13(3-4-18-12)20-5-2-6-21(8-7-20)16(23)14-10-17-11-15(22)19-14/h3-4,9,14,17H,2,5-8,10-11H2,1H3,(H,19,22)/t14-/m0/s1. The Hall–Kier alpha value is -2.15. The van der Waals surface area contributed by atoms with E-state index < -0.39 is 6.04 Å². The normalized spacial score (nSPS) is 22.5. The molecule has 1 atom stereocenters. The van der Waals surface area contributed by atoms with Gasteiger partial charge in [0.05, 0.1) is 6.54 Å². The molecule has 2 amide bonds. The Labute approximate surface area is 136 Å². The Morgan fingerprint density at radius 3 is 2.96 bits per heavy atom. The number of pyridine rings is 1. The van der Waals surface area contributed by atoms with Crippen LogP contribution in [-0.4, -0.2) is 67.0 Å². The molecule has 23 heavy (non-hydrogen) atoms. The van der Waals surface area contributed by atoms with Gasteiger partial charge >= 0.3 is 0 Å². The van der Waals surface area contributed by atoms with Crippen molar-refractivity contribution in [3.8, 4) is 0 Å². The van der Waals surface area contributed by atoms with E-state index in [-0.39, 0.29) is 11.8 Å². The molecule has 2 fully saturated rings. The second-order valence-corrected chi connectivity index (χ2v) is 6.07. The predicted octanol–water partition coefficient (Wildman–Crippen LogP) is -0.483. The predicted molar refractivity (Wildman–Crippen MR) is 87.2 cm³/mol. The first-order valence-electron chi connectivity index (χ1n) is 8.10. The highest BCUT2D eigenvalue weighted by atomic mass is 16.2. The minimum atomic E-state index is -0.439. The molecular weight excluding hydrogens is 294 g/mol. The molecule has 124 valence electrons. The fraction of sp³-hybridized carbons (Fsp3) is 0.562. The number of piperazine rings is 1. The largest absolute Gasteiger partial charge is 0.370 e. The van der Waals surface area contributed by atoms with Crippen molar-refractivity contribution in [1.82, 2.24) is 20.5 Å². The van der Waals surface area contributed by atoms with Crippen molar-refractivity contribution in [2.24, 2.45) is 0 Å². The number of hydrogen-bond donors (Lipinski definition) is 2. The first-order chi connectivity index (χ1) is 11.1. The molecule has 2 aliphatic heterocycles. The van der Waals surface area contributed by atoms with Gasteiger partial charge in [-0.25, -0.2) is 0 Å². The minimum absolute atomic E-state index is 0.0123. The van der Waals surface area contributed by atoms with E-state index in [1.807, 2.05) is 24.1 Å². The summed E-state index contributed by atoms with van der Waals surface area (Å²) >= 11 is 0. The molecule has 7 heteroatoms. The number of nitrogens with zero attached hydrogens (tertiary/aromatic N) is 3. The molecule has 0 aliphatic carbocycles. The van der Waals surface area contributed by atoms with E-state index in [4.69, 9.17) is 0 Å². The Morgan fingerprint density at radius 2 is 2.17 bits per heavy atom. The summed E-state index contributed by atoms with van der Waals surface area (Å²) in [5.74, 6) is -0.100. The van der Waals surface area contributed by atoms with Crippen LogP contribution < -0.4 is 15.5 Å². The lowest BCUT2D eigenvalue weighted by Gasteiger charge is -2.29. The molecule has 2 N–H and O–H groups in total. The van der Waals surface area contributed by atoms with Gasteiger partial charge in [0.15, 0.2) is 0 Å². The van der Waals surface area contributed by atoms with Crippen LogP contribution in [0.15, 0.2) is 18.3 Å². The van der Waals surface area contributed by atoms with E-state index in [0.717, 1.165) is 37.4 Å². The van der Waals surface area contributed by atoms with Gasteiger partial charge < -0.3 is 20.4 Å². The van der Waals surface area contributed by atoms with Crippen LogP contribution in [0.5, 0.6) is 0 Å².